The van der Waals surface area contributed by atoms with Gasteiger partial charge < -0.3 is 9.47 Å². The quantitative estimate of drug-likeness (QED) is 0.226. The van der Waals surface area contributed by atoms with Gasteiger partial charge in [0.25, 0.3) is 0 Å². The number of hydrogen-bond acceptors (Lipinski definition) is 1. The summed E-state index contributed by atoms with van der Waals surface area (Å²) < 4.78 is 15.9. The van der Waals surface area contributed by atoms with Crippen molar-refractivity contribution >= 4 is 38.9 Å². The zero-order valence-electron chi connectivity index (χ0n) is 21.2. The summed E-state index contributed by atoms with van der Waals surface area (Å²) in [7, 11) is 0. The third-order valence-corrected chi connectivity index (χ3v) is 7.25. The smallest absolute Gasteiger partial charge is 0.123 e. The zero-order valence-corrected chi connectivity index (χ0v) is 21.2. The second kappa shape index (κ2) is 9.62. The van der Waals surface area contributed by atoms with Crippen LogP contribution in [0.25, 0.3) is 38.6 Å². The Kier molecular flexibility index (Phi) is 5.68. The van der Waals surface area contributed by atoms with Crippen LogP contribution in [0.3, 0.4) is 0 Å². The molecule has 0 aliphatic carbocycles. The van der Waals surface area contributed by atoms with E-state index < -0.39 is 0 Å². The molecule has 7 aromatic rings. The number of nitrogens with zero attached hydrogens (tertiary/aromatic N) is 2. The van der Waals surface area contributed by atoms with Gasteiger partial charge in [-0.25, -0.2) is 4.39 Å². The van der Waals surface area contributed by atoms with Crippen LogP contribution in [0.15, 0.2) is 152 Å². The first kappa shape index (κ1) is 23.0. The summed E-state index contributed by atoms with van der Waals surface area (Å²) in [6.45, 7) is 0. The summed E-state index contributed by atoms with van der Waals surface area (Å²) in [5.74, 6) is -0.237. The lowest BCUT2D eigenvalue weighted by Gasteiger charge is -2.26. The number of anilines is 3. The zero-order chi connectivity index (χ0) is 26.2. The van der Waals surface area contributed by atoms with E-state index in [-0.39, 0.29) is 5.82 Å². The van der Waals surface area contributed by atoms with Gasteiger partial charge in [0.15, 0.2) is 0 Å². The molecular formula is C36H25FN2. The van der Waals surface area contributed by atoms with Crippen LogP contribution in [0, 0.1) is 5.82 Å². The van der Waals surface area contributed by atoms with E-state index in [9.17, 15) is 4.39 Å². The van der Waals surface area contributed by atoms with Crippen molar-refractivity contribution in [2.24, 2.45) is 0 Å². The van der Waals surface area contributed by atoms with Gasteiger partial charge in [0.05, 0.1) is 11.0 Å². The molecule has 0 fully saturated rings. The molecule has 0 spiro atoms. The van der Waals surface area contributed by atoms with E-state index in [4.69, 9.17) is 0 Å². The standard InChI is InChI=1S/C36H25FN2/c37-28-17-21-31(22-18-28)39-35-14-8-7-13-33(35)34-25-32(23-24-36(34)39)38(29-11-5-2-6-12-29)30-19-15-27(16-20-30)26-9-3-1-4-10-26/h1-25H. The van der Waals surface area contributed by atoms with Crippen molar-refractivity contribution in [1.29, 1.82) is 0 Å². The topological polar surface area (TPSA) is 8.17 Å². The fraction of sp³-hybridized carbons (Fsp3) is 0. The number of hydrogen-bond donors (Lipinski definition) is 0. The maximum absolute atomic E-state index is 13.7. The van der Waals surface area contributed by atoms with E-state index in [1.807, 2.05) is 30.3 Å². The number of halogens is 1. The average Bonchev–Trinajstić information content (AvgIpc) is 3.33. The Bertz CT molecular complexity index is 1890. The van der Waals surface area contributed by atoms with Crippen LogP contribution < -0.4 is 4.90 Å². The van der Waals surface area contributed by atoms with Crippen LogP contribution in [-0.4, -0.2) is 4.57 Å². The Labute approximate surface area is 226 Å². The van der Waals surface area contributed by atoms with Crippen molar-refractivity contribution in [2.75, 3.05) is 4.90 Å². The minimum absolute atomic E-state index is 0.237. The first-order valence-electron chi connectivity index (χ1n) is 13.1. The summed E-state index contributed by atoms with van der Waals surface area (Å²) in [5.41, 5.74) is 8.74. The second-order valence-electron chi connectivity index (χ2n) is 9.61. The molecule has 6 aromatic carbocycles. The van der Waals surface area contributed by atoms with Gasteiger partial charge in [-0.1, -0.05) is 78.9 Å². The van der Waals surface area contributed by atoms with E-state index in [0.29, 0.717) is 0 Å². The summed E-state index contributed by atoms with van der Waals surface area (Å²) in [6.07, 6.45) is 0. The number of para-hydroxylation sites is 2. The van der Waals surface area contributed by atoms with Crippen molar-refractivity contribution < 1.29 is 4.39 Å². The fourth-order valence-corrected chi connectivity index (χ4v) is 5.43. The van der Waals surface area contributed by atoms with Crippen LogP contribution in [0.2, 0.25) is 0 Å². The largest absolute Gasteiger partial charge is 0.310 e. The van der Waals surface area contributed by atoms with Crippen LogP contribution in [-0.2, 0) is 0 Å². The predicted molar refractivity (Wildman–Crippen MR) is 161 cm³/mol. The Hall–Kier alpha value is -5.15. The molecule has 186 valence electrons. The van der Waals surface area contributed by atoms with Crippen molar-refractivity contribution in [3.05, 3.63) is 157 Å². The Balaban J connectivity index is 1.40. The number of rotatable bonds is 5. The molecule has 3 heteroatoms. The summed E-state index contributed by atoms with van der Waals surface area (Å²) in [5, 5.41) is 2.31. The molecule has 0 atom stereocenters. The van der Waals surface area contributed by atoms with Crippen molar-refractivity contribution in [2.45, 2.75) is 0 Å². The monoisotopic (exact) mass is 504 g/mol. The minimum atomic E-state index is -0.237. The molecule has 7 rings (SSSR count). The lowest BCUT2D eigenvalue weighted by molar-refractivity contribution is 0.627. The minimum Gasteiger partial charge on any atom is -0.310 e. The van der Waals surface area contributed by atoms with Gasteiger partial charge in [-0.15, -0.1) is 0 Å². The molecule has 0 aliphatic rings. The van der Waals surface area contributed by atoms with Crippen LogP contribution in [0.5, 0.6) is 0 Å². The third kappa shape index (κ3) is 4.14. The van der Waals surface area contributed by atoms with E-state index in [0.717, 1.165) is 44.6 Å². The Morgan fingerprint density at radius 2 is 1.00 bits per heavy atom. The molecule has 1 aromatic heterocycles. The molecule has 0 saturated carbocycles. The van der Waals surface area contributed by atoms with Gasteiger partial charge in [0, 0.05) is 33.5 Å². The van der Waals surface area contributed by atoms with Crippen LogP contribution in [0.1, 0.15) is 0 Å². The summed E-state index contributed by atoms with van der Waals surface area (Å²) in [4.78, 5) is 2.29. The predicted octanol–water partition coefficient (Wildman–Crippen LogP) is 10.1. The van der Waals surface area contributed by atoms with E-state index in [1.54, 1.807) is 0 Å². The molecule has 1 heterocycles. The molecule has 0 N–H and O–H groups in total. The van der Waals surface area contributed by atoms with Gasteiger partial charge in [-0.3, -0.25) is 0 Å². The molecule has 0 saturated heterocycles. The average molecular weight is 505 g/mol. The van der Waals surface area contributed by atoms with E-state index >= 15 is 0 Å². The number of aromatic nitrogens is 1. The van der Waals surface area contributed by atoms with Gasteiger partial charge in [0.1, 0.15) is 5.82 Å². The first-order chi connectivity index (χ1) is 19.3. The van der Waals surface area contributed by atoms with Crippen LogP contribution in [0.4, 0.5) is 21.5 Å². The molecule has 0 radical (unpaired) electrons. The van der Waals surface area contributed by atoms with Crippen molar-refractivity contribution in [3.8, 4) is 16.8 Å². The SMILES string of the molecule is Fc1ccc(-n2c3ccccc3c3cc(N(c4ccccc4)c4ccc(-c5ccccc5)cc4)ccc32)cc1. The van der Waals surface area contributed by atoms with Crippen LogP contribution >= 0.6 is 0 Å². The van der Waals surface area contributed by atoms with Gasteiger partial charge >= 0.3 is 0 Å². The van der Waals surface area contributed by atoms with E-state index in [2.05, 4.69) is 119 Å². The van der Waals surface area contributed by atoms with E-state index in [1.165, 1.54) is 23.3 Å². The van der Waals surface area contributed by atoms with Crippen molar-refractivity contribution in [1.82, 2.24) is 4.57 Å². The highest BCUT2D eigenvalue weighted by Gasteiger charge is 2.17. The normalized spacial score (nSPS) is 11.2. The highest BCUT2D eigenvalue weighted by molar-refractivity contribution is 6.10. The lowest BCUT2D eigenvalue weighted by atomic mass is 10.0. The molecule has 0 unspecified atom stereocenters. The van der Waals surface area contributed by atoms with Gasteiger partial charge in [0.2, 0.25) is 0 Å². The molecule has 0 aliphatic heterocycles. The molecule has 0 amide bonds. The van der Waals surface area contributed by atoms with Gasteiger partial charge in [-0.05, 0) is 83.9 Å². The highest BCUT2D eigenvalue weighted by atomic mass is 19.1. The van der Waals surface area contributed by atoms with Crippen molar-refractivity contribution in [3.63, 3.8) is 0 Å². The molecular weight excluding hydrogens is 479 g/mol. The first-order valence-corrected chi connectivity index (χ1v) is 13.1. The molecule has 39 heavy (non-hydrogen) atoms. The molecule has 0 bridgehead atoms. The molecule has 2 nitrogen and oxygen atoms in total. The third-order valence-electron chi connectivity index (χ3n) is 7.25. The second-order valence-corrected chi connectivity index (χ2v) is 9.61. The maximum Gasteiger partial charge on any atom is 0.123 e. The Morgan fingerprint density at radius 1 is 0.436 bits per heavy atom. The summed E-state index contributed by atoms with van der Waals surface area (Å²) >= 11 is 0. The maximum atomic E-state index is 13.7. The summed E-state index contributed by atoms with van der Waals surface area (Å²) in [6, 6.07) is 51.3. The Morgan fingerprint density at radius 3 is 1.74 bits per heavy atom. The fourth-order valence-electron chi connectivity index (χ4n) is 5.43. The highest BCUT2D eigenvalue weighted by Crippen LogP contribution is 2.40. The number of fused-ring (bicyclic) bond motifs is 3. The number of benzene rings is 6. The lowest BCUT2D eigenvalue weighted by Crippen LogP contribution is -2.09. The van der Waals surface area contributed by atoms with Gasteiger partial charge in [-0.2, -0.15) is 0 Å².